The van der Waals surface area contributed by atoms with Crippen molar-refractivity contribution in [1.82, 2.24) is 15.3 Å². The van der Waals surface area contributed by atoms with Gasteiger partial charge in [-0.15, -0.1) is 12.4 Å². The number of rotatable bonds is 7. The van der Waals surface area contributed by atoms with Gasteiger partial charge < -0.3 is 49.9 Å². The Labute approximate surface area is 221 Å². The number of carboxylic acids is 2. The van der Waals surface area contributed by atoms with Crippen LogP contribution in [0.1, 0.15) is 23.2 Å². The number of aliphatic carboxylic acids is 2. The maximum atomic E-state index is 12.4. The number of carbonyl (C=O) groups is 3. The van der Waals surface area contributed by atoms with E-state index >= 15 is 0 Å². The molecule has 4 rings (SSSR count). The average molecular weight is 564 g/mol. The van der Waals surface area contributed by atoms with Gasteiger partial charge >= 0.3 is 17.5 Å². The molecule has 2 aliphatic heterocycles. The van der Waals surface area contributed by atoms with Crippen LogP contribution in [0.3, 0.4) is 0 Å². The third-order valence-electron chi connectivity index (χ3n) is 5.45. The van der Waals surface area contributed by atoms with Crippen molar-refractivity contribution in [2.75, 3.05) is 29.0 Å². The van der Waals surface area contributed by atoms with Gasteiger partial charge in [0.2, 0.25) is 18.0 Å². The number of benzene rings is 1. The van der Waals surface area contributed by atoms with Crippen molar-refractivity contribution in [3.05, 3.63) is 40.2 Å². The molecule has 0 fully saturated rings. The molecule has 17 heteroatoms. The minimum Gasteiger partial charge on any atom is -1.00 e. The number of carbonyl (C=O) groups excluding carboxylic acids is 1. The van der Waals surface area contributed by atoms with Crippen molar-refractivity contribution < 1.29 is 52.5 Å². The van der Waals surface area contributed by atoms with Crippen molar-refractivity contribution in [2.45, 2.75) is 24.9 Å². The molecule has 3 heterocycles. The Morgan fingerprint density at radius 3 is 2.46 bits per heavy atom. The second-order valence-electron chi connectivity index (χ2n) is 7.70. The first-order valence-corrected chi connectivity index (χ1v) is 10.1. The number of anilines is 3. The number of aromatic amines is 1. The maximum absolute atomic E-state index is 12.4. The predicted octanol–water partition coefficient (Wildman–Crippen LogP) is -4.84. The summed E-state index contributed by atoms with van der Waals surface area (Å²) in [6, 6.07) is 5.19. The summed E-state index contributed by atoms with van der Waals surface area (Å²) < 4.78 is 1.83. The first kappa shape index (κ1) is 33.1. The molecule has 2 aromatic rings. The molecule has 0 saturated heterocycles. The Morgan fingerprint density at radius 1 is 1.22 bits per heavy atom. The van der Waals surface area contributed by atoms with E-state index in [1.54, 1.807) is 30.6 Å². The summed E-state index contributed by atoms with van der Waals surface area (Å²) in [6.07, 6.45) is 1.20. The zero-order chi connectivity index (χ0) is 23.7. The highest BCUT2D eigenvalue weighted by atomic mass is 35.5. The van der Waals surface area contributed by atoms with E-state index in [9.17, 15) is 24.3 Å². The van der Waals surface area contributed by atoms with Gasteiger partial charge in [0.1, 0.15) is 18.3 Å². The molecule has 2 atom stereocenters. The Kier molecular flexibility index (Phi) is 12.0. The van der Waals surface area contributed by atoms with Crippen LogP contribution in [0.15, 0.2) is 29.1 Å². The number of hydrogen-bond acceptors (Lipinski definition) is 8. The summed E-state index contributed by atoms with van der Waals surface area (Å²) in [4.78, 5) is 55.4. The second kappa shape index (κ2) is 13.4. The third-order valence-corrected chi connectivity index (χ3v) is 5.45. The van der Waals surface area contributed by atoms with Gasteiger partial charge in [0.15, 0.2) is 11.9 Å². The number of nitrogen functional groups attached to an aromatic ring is 1. The van der Waals surface area contributed by atoms with Crippen LogP contribution < -0.4 is 39.2 Å². The molecule has 0 bridgehead atoms. The van der Waals surface area contributed by atoms with Crippen molar-refractivity contribution in [3.8, 4) is 0 Å². The van der Waals surface area contributed by atoms with Crippen LogP contribution in [0, 0.1) is 0 Å². The molecule has 1 aromatic carbocycles. The lowest BCUT2D eigenvalue weighted by Crippen LogP contribution is -3.00. The van der Waals surface area contributed by atoms with Gasteiger partial charge in [0.25, 0.3) is 5.91 Å². The summed E-state index contributed by atoms with van der Waals surface area (Å²) in [7, 11) is 0. The van der Waals surface area contributed by atoms with E-state index in [2.05, 4.69) is 20.6 Å². The topological polar surface area (TPSA) is 257 Å². The van der Waals surface area contributed by atoms with E-state index in [-0.39, 0.29) is 71.7 Å². The summed E-state index contributed by atoms with van der Waals surface area (Å²) >= 11 is 0. The lowest BCUT2D eigenvalue weighted by Gasteiger charge is -2.20. The van der Waals surface area contributed by atoms with Crippen LogP contribution in [0.4, 0.5) is 23.1 Å². The number of halogens is 2. The van der Waals surface area contributed by atoms with Crippen LogP contribution >= 0.6 is 12.4 Å². The number of nitrogens with two attached hydrogens (primary N) is 1. The van der Waals surface area contributed by atoms with Gasteiger partial charge in [-0.25, -0.2) is 14.3 Å². The minimum absolute atomic E-state index is 0. The molecule has 0 saturated carbocycles. The highest BCUT2D eigenvalue weighted by molar-refractivity contribution is 5.97. The molecule has 0 radical (unpaired) electrons. The van der Waals surface area contributed by atoms with Crippen molar-refractivity contribution >= 4 is 59.7 Å². The van der Waals surface area contributed by atoms with Gasteiger partial charge in [-0.05, 0) is 30.7 Å². The first-order valence-electron chi connectivity index (χ1n) is 10.1. The van der Waals surface area contributed by atoms with Gasteiger partial charge in [-0.1, -0.05) is 0 Å². The number of nitrogens with one attached hydrogen (secondary N) is 3. The van der Waals surface area contributed by atoms with Gasteiger partial charge in [-0.2, -0.15) is 4.98 Å². The summed E-state index contributed by atoms with van der Waals surface area (Å²) in [5.41, 5.74) is 6.64. The van der Waals surface area contributed by atoms with Gasteiger partial charge in [-0.3, -0.25) is 19.4 Å². The minimum atomic E-state index is -1.30. The quantitative estimate of drug-likeness (QED) is 0.175. The Balaban J connectivity index is 0.00000324. The fraction of sp³-hybridized carbons (Fsp3) is 0.300. The Morgan fingerprint density at radius 2 is 1.86 bits per heavy atom. The standard InChI is InChI=1S/C20H21N7O6.2ClH.2H2O/c21-20-24-16-15(18(31)25-20)27-9-26(8-12(27)7-22-16)11-3-1-10(2-4-11)17(30)23-13(19(32)33)5-6-14(28)29;;;;/h1-4,9,12-13H,5-8H2,(H6-,21,22,23,24,25,28,29,30,31,32,33);2*1H;2*1H2/t12?,13-;;;;/m0..../s1. The largest absolute Gasteiger partial charge is 1.00 e. The Hall–Kier alpha value is -3.92. The second-order valence-corrected chi connectivity index (χ2v) is 7.70. The smallest absolute Gasteiger partial charge is 0.326 e. The van der Waals surface area contributed by atoms with E-state index in [0.29, 0.717) is 24.6 Å². The lowest BCUT2D eigenvalue weighted by molar-refractivity contribution is -0.468. The summed E-state index contributed by atoms with van der Waals surface area (Å²) in [5.74, 6) is -2.62. The summed E-state index contributed by atoms with van der Waals surface area (Å²) in [5, 5.41) is 23.4. The van der Waals surface area contributed by atoms with Gasteiger partial charge in [0, 0.05) is 12.0 Å². The van der Waals surface area contributed by atoms with Gasteiger partial charge in [0.05, 0.1) is 6.54 Å². The highest BCUT2D eigenvalue weighted by Crippen LogP contribution is 2.28. The zero-order valence-corrected chi connectivity index (χ0v) is 20.7. The number of amides is 1. The number of hydrogen-bond donors (Lipinski definition) is 6. The number of aromatic nitrogens is 2. The lowest BCUT2D eigenvalue weighted by atomic mass is 10.1. The fourth-order valence-corrected chi connectivity index (χ4v) is 3.81. The number of carboxylic acid groups (broad SMARTS) is 2. The molecule has 1 aromatic heterocycles. The molecular weight excluding hydrogens is 537 g/mol. The number of fused-ring (bicyclic) bond motifs is 3. The van der Waals surface area contributed by atoms with Crippen LogP contribution in [0.2, 0.25) is 0 Å². The van der Waals surface area contributed by atoms with Crippen LogP contribution in [0.25, 0.3) is 0 Å². The third kappa shape index (κ3) is 7.07. The SMILES string of the molecule is Cl.Nc1nc2c(c(=O)[nH]1)[N+]1=CN(c3ccc(C(=O)N[C@@H](CCC(=O)O)C(=O)O)cc3)CC1CN2.O.O.[Cl-]. The molecule has 1 unspecified atom stereocenters. The number of nitrogens with zero attached hydrogens (tertiary/aromatic N) is 3. The number of H-pyrrole nitrogens is 1. The van der Waals surface area contributed by atoms with E-state index in [4.69, 9.17) is 10.8 Å². The average Bonchev–Trinajstić information content (AvgIpc) is 3.20. The first-order chi connectivity index (χ1) is 15.7. The van der Waals surface area contributed by atoms with Crippen molar-refractivity contribution in [3.63, 3.8) is 0 Å². The molecule has 1 amide bonds. The Bertz CT molecular complexity index is 1220. The highest BCUT2D eigenvalue weighted by Gasteiger charge is 2.39. The monoisotopic (exact) mass is 563 g/mol. The molecule has 15 nitrogen and oxygen atoms in total. The maximum Gasteiger partial charge on any atom is 0.326 e. The van der Waals surface area contributed by atoms with E-state index in [1.807, 2.05) is 9.48 Å². The normalized spacial score (nSPS) is 15.4. The van der Waals surface area contributed by atoms with E-state index in [0.717, 1.165) is 5.69 Å². The predicted molar refractivity (Wildman–Crippen MR) is 132 cm³/mol. The fourth-order valence-electron chi connectivity index (χ4n) is 3.81. The zero-order valence-electron chi connectivity index (χ0n) is 19.1. The van der Waals surface area contributed by atoms with Crippen LogP contribution in [-0.4, -0.2) is 85.1 Å². The van der Waals surface area contributed by atoms with E-state index < -0.39 is 23.9 Å². The van der Waals surface area contributed by atoms with Crippen molar-refractivity contribution in [1.29, 1.82) is 0 Å². The summed E-state index contributed by atoms with van der Waals surface area (Å²) in [6.45, 7) is 1.14. The van der Waals surface area contributed by atoms with E-state index in [1.165, 1.54) is 0 Å². The molecule has 11 N–H and O–H groups in total. The molecule has 0 spiro atoms. The van der Waals surface area contributed by atoms with Crippen molar-refractivity contribution in [2.24, 2.45) is 0 Å². The molecular formula is C20H27Cl2N7O8. The molecule has 0 aliphatic carbocycles. The molecule has 2 aliphatic rings. The molecule has 37 heavy (non-hydrogen) atoms. The molecule has 204 valence electrons. The van der Waals surface area contributed by atoms with Crippen LogP contribution in [-0.2, 0) is 9.59 Å². The van der Waals surface area contributed by atoms with Crippen LogP contribution in [0.5, 0.6) is 0 Å².